The average molecular weight is 281 g/mol. The zero-order chi connectivity index (χ0) is 15.4. The first-order valence-electron chi connectivity index (χ1n) is 6.51. The van der Waals surface area contributed by atoms with Gasteiger partial charge in [-0.2, -0.15) is 5.26 Å². The fourth-order valence-corrected chi connectivity index (χ4v) is 2.38. The van der Waals surface area contributed by atoms with E-state index in [2.05, 4.69) is 12.6 Å². The molecule has 0 bridgehead atoms. The molecule has 2 aromatic carbocycles. The molecule has 0 saturated carbocycles. The van der Waals surface area contributed by atoms with Crippen molar-refractivity contribution in [2.75, 3.05) is 13.7 Å². The van der Waals surface area contributed by atoms with Crippen molar-refractivity contribution >= 4 is 22.8 Å². The van der Waals surface area contributed by atoms with Crippen LogP contribution in [0.25, 0.3) is 16.8 Å². The number of hydrogen-bond donors (Lipinski definition) is 0. The maximum atomic E-state index is 12.3. The minimum Gasteiger partial charge on any atom is -0.495 e. The summed E-state index contributed by atoms with van der Waals surface area (Å²) in [7, 11) is 1.50. The highest BCUT2D eigenvalue weighted by Crippen LogP contribution is 2.36. The number of carbonyl (C=O) groups excluding carboxylic acids is 1. The molecule has 4 heteroatoms. The molecular formula is C17H15NO3. The number of ether oxygens (including phenoxy) is 2. The summed E-state index contributed by atoms with van der Waals surface area (Å²) in [4.78, 5) is 12.3. The fourth-order valence-electron chi connectivity index (χ4n) is 2.38. The Morgan fingerprint density at radius 1 is 1.38 bits per heavy atom. The van der Waals surface area contributed by atoms with Crippen LogP contribution in [0.15, 0.2) is 30.8 Å². The van der Waals surface area contributed by atoms with Gasteiger partial charge in [-0.25, -0.2) is 4.79 Å². The van der Waals surface area contributed by atoms with E-state index < -0.39 is 5.97 Å². The molecule has 0 unspecified atom stereocenters. The van der Waals surface area contributed by atoms with E-state index in [1.165, 1.54) is 13.2 Å². The smallest absolute Gasteiger partial charge is 0.339 e. The molecule has 21 heavy (non-hydrogen) atoms. The monoisotopic (exact) mass is 281 g/mol. The zero-order valence-corrected chi connectivity index (χ0v) is 12.0. The third-order valence-corrected chi connectivity index (χ3v) is 3.21. The maximum Gasteiger partial charge on any atom is 0.339 e. The zero-order valence-electron chi connectivity index (χ0n) is 12.0. The number of benzene rings is 2. The summed E-state index contributed by atoms with van der Waals surface area (Å²) in [5.74, 6) is -0.0289. The normalized spacial score (nSPS) is 9.95. The maximum absolute atomic E-state index is 12.3. The van der Waals surface area contributed by atoms with Gasteiger partial charge in [0.15, 0.2) is 0 Å². The van der Waals surface area contributed by atoms with E-state index in [4.69, 9.17) is 9.47 Å². The van der Waals surface area contributed by atoms with Crippen LogP contribution in [-0.4, -0.2) is 19.7 Å². The van der Waals surface area contributed by atoms with Gasteiger partial charge >= 0.3 is 5.97 Å². The molecular weight excluding hydrogens is 266 g/mol. The second-order valence-corrected chi connectivity index (χ2v) is 4.28. The molecule has 0 saturated heterocycles. The highest BCUT2D eigenvalue weighted by molar-refractivity contribution is 6.11. The summed E-state index contributed by atoms with van der Waals surface area (Å²) in [5, 5.41) is 10.8. The average Bonchev–Trinajstić information content (AvgIpc) is 2.52. The Hall–Kier alpha value is -2.80. The van der Waals surface area contributed by atoms with Crippen LogP contribution in [0.4, 0.5) is 0 Å². The second kappa shape index (κ2) is 6.10. The molecule has 0 aliphatic rings. The van der Waals surface area contributed by atoms with Crippen molar-refractivity contribution in [3.05, 3.63) is 47.5 Å². The first kappa shape index (κ1) is 14.6. The largest absolute Gasteiger partial charge is 0.495 e. The highest BCUT2D eigenvalue weighted by atomic mass is 16.5. The minimum atomic E-state index is -0.470. The van der Waals surface area contributed by atoms with Crippen molar-refractivity contribution in [1.82, 2.24) is 0 Å². The number of carbonyl (C=O) groups is 1. The van der Waals surface area contributed by atoms with E-state index in [1.807, 2.05) is 18.2 Å². The van der Waals surface area contributed by atoms with Crippen LogP contribution < -0.4 is 4.74 Å². The Balaban J connectivity index is 2.98. The van der Waals surface area contributed by atoms with Gasteiger partial charge in [0.05, 0.1) is 19.3 Å². The Morgan fingerprint density at radius 2 is 2.05 bits per heavy atom. The van der Waals surface area contributed by atoms with E-state index in [0.717, 1.165) is 0 Å². The lowest BCUT2D eigenvalue weighted by molar-refractivity contribution is 0.0528. The van der Waals surface area contributed by atoms with Gasteiger partial charge in [0.1, 0.15) is 17.4 Å². The summed E-state index contributed by atoms with van der Waals surface area (Å²) < 4.78 is 10.5. The predicted octanol–water partition coefficient (Wildman–Crippen LogP) is 3.54. The molecule has 0 atom stereocenters. The molecule has 0 aliphatic heterocycles. The number of methoxy groups -OCH3 is 1. The molecule has 0 aliphatic carbocycles. The molecule has 2 rings (SSSR count). The van der Waals surface area contributed by atoms with Crippen LogP contribution in [-0.2, 0) is 4.74 Å². The second-order valence-electron chi connectivity index (χ2n) is 4.28. The lowest BCUT2D eigenvalue weighted by atomic mass is 9.93. The summed E-state index contributed by atoms with van der Waals surface area (Å²) in [6, 6.07) is 9.36. The minimum absolute atomic E-state index is 0.262. The summed E-state index contributed by atoms with van der Waals surface area (Å²) >= 11 is 0. The quantitative estimate of drug-likeness (QED) is 0.804. The van der Waals surface area contributed by atoms with Gasteiger partial charge in [0, 0.05) is 16.3 Å². The van der Waals surface area contributed by atoms with Gasteiger partial charge in [-0.15, -0.1) is 0 Å². The lowest BCUT2D eigenvalue weighted by Crippen LogP contribution is -2.10. The number of rotatable bonds is 4. The molecule has 2 aromatic rings. The summed E-state index contributed by atoms with van der Waals surface area (Å²) in [6.07, 6.45) is 1.49. The Bertz CT molecular complexity index is 757. The van der Waals surface area contributed by atoms with Crippen LogP contribution in [0.3, 0.4) is 0 Å². The Morgan fingerprint density at radius 3 is 2.57 bits per heavy atom. The number of nitrogens with zero attached hydrogens (tertiary/aromatic N) is 1. The standard InChI is InChI=1S/C17H15NO3/c1-4-11-14(10-18)16(20-3)13-9-7-6-8-12(13)15(11)17(19)21-5-2/h4,6-9H,1,5H2,2-3H3. The summed E-state index contributed by atoms with van der Waals surface area (Å²) in [6.45, 7) is 5.71. The van der Waals surface area contributed by atoms with Crippen molar-refractivity contribution in [2.45, 2.75) is 6.92 Å². The van der Waals surface area contributed by atoms with E-state index in [-0.39, 0.29) is 12.2 Å². The number of hydrogen-bond acceptors (Lipinski definition) is 4. The lowest BCUT2D eigenvalue weighted by Gasteiger charge is -2.15. The third kappa shape index (κ3) is 2.34. The third-order valence-electron chi connectivity index (χ3n) is 3.21. The van der Waals surface area contributed by atoms with E-state index in [9.17, 15) is 10.1 Å². The predicted molar refractivity (Wildman–Crippen MR) is 81.3 cm³/mol. The Labute approximate surface area is 123 Å². The van der Waals surface area contributed by atoms with E-state index in [1.54, 1.807) is 13.0 Å². The van der Waals surface area contributed by atoms with Gasteiger partial charge in [-0.1, -0.05) is 36.9 Å². The highest BCUT2D eigenvalue weighted by Gasteiger charge is 2.23. The molecule has 0 amide bonds. The van der Waals surface area contributed by atoms with Crippen LogP contribution >= 0.6 is 0 Å². The van der Waals surface area contributed by atoms with Gasteiger partial charge in [0.25, 0.3) is 0 Å². The molecule has 0 heterocycles. The van der Waals surface area contributed by atoms with E-state index >= 15 is 0 Å². The summed E-state index contributed by atoms with van der Waals surface area (Å²) in [5.41, 5.74) is 1.07. The van der Waals surface area contributed by atoms with E-state index in [0.29, 0.717) is 27.6 Å². The van der Waals surface area contributed by atoms with Crippen molar-refractivity contribution in [2.24, 2.45) is 0 Å². The van der Waals surface area contributed by atoms with Crippen LogP contribution in [0.1, 0.15) is 28.4 Å². The van der Waals surface area contributed by atoms with Crippen molar-refractivity contribution < 1.29 is 14.3 Å². The number of esters is 1. The van der Waals surface area contributed by atoms with Crippen molar-refractivity contribution in [3.63, 3.8) is 0 Å². The number of fused-ring (bicyclic) bond motifs is 1. The molecule has 0 radical (unpaired) electrons. The van der Waals surface area contributed by atoms with Crippen LogP contribution in [0, 0.1) is 11.3 Å². The Kier molecular flexibility index (Phi) is 4.24. The SMILES string of the molecule is C=Cc1c(C#N)c(OC)c2ccccc2c1C(=O)OCC. The first-order valence-corrected chi connectivity index (χ1v) is 6.51. The molecule has 4 nitrogen and oxygen atoms in total. The fraction of sp³-hybridized carbons (Fsp3) is 0.176. The molecule has 106 valence electrons. The molecule has 0 N–H and O–H groups in total. The molecule has 0 spiro atoms. The molecule has 0 fully saturated rings. The van der Waals surface area contributed by atoms with Crippen molar-refractivity contribution in [3.8, 4) is 11.8 Å². The van der Waals surface area contributed by atoms with Gasteiger partial charge in [0.2, 0.25) is 0 Å². The van der Waals surface area contributed by atoms with Gasteiger partial charge in [-0.05, 0) is 6.92 Å². The van der Waals surface area contributed by atoms with Gasteiger partial charge < -0.3 is 9.47 Å². The van der Waals surface area contributed by atoms with Gasteiger partial charge in [-0.3, -0.25) is 0 Å². The number of nitriles is 1. The van der Waals surface area contributed by atoms with Crippen LogP contribution in [0.5, 0.6) is 5.75 Å². The first-order chi connectivity index (χ1) is 10.2. The topological polar surface area (TPSA) is 59.3 Å². The van der Waals surface area contributed by atoms with Crippen LogP contribution in [0.2, 0.25) is 0 Å². The molecule has 0 aromatic heterocycles. The van der Waals surface area contributed by atoms with Crippen molar-refractivity contribution in [1.29, 1.82) is 5.26 Å².